The first-order valence-electron chi connectivity index (χ1n) is 6.11. The Bertz CT molecular complexity index is 472. The summed E-state index contributed by atoms with van der Waals surface area (Å²) in [7, 11) is 0. The highest BCUT2D eigenvalue weighted by Gasteiger charge is 2.16. The Morgan fingerprint density at radius 2 is 2.24 bits per heavy atom. The zero-order valence-corrected chi connectivity index (χ0v) is 9.69. The van der Waals surface area contributed by atoms with Crippen LogP contribution < -0.4 is 5.32 Å². The van der Waals surface area contributed by atoms with Crippen LogP contribution in [0.15, 0.2) is 30.5 Å². The second kappa shape index (κ2) is 4.67. The maximum absolute atomic E-state index is 4.73. The van der Waals surface area contributed by atoms with Crippen LogP contribution in [-0.2, 0) is 0 Å². The molecule has 2 N–H and O–H groups in total. The quantitative estimate of drug-likeness (QED) is 0.826. The number of nitrogens with one attached hydrogen (secondary N) is 2. The van der Waals surface area contributed by atoms with Crippen molar-refractivity contribution < 1.29 is 0 Å². The van der Waals surface area contributed by atoms with Gasteiger partial charge in [0.05, 0.1) is 11.4 Å². The van der Waals surface area contributed by atoms with Crippen LogP contribution in [-0.4, -0.2) is 28.3 Å². The normalized spacial score (nSPS) is 20.4. The minimum absolute atomic E-state index is 0.548. The molecule has 1 saturated heterocycles. The Kier molecular flexibility index (Phi) is 2.88. The van der Waals surface area contributed by atoms with Crippen LogP contribution >= 0.6 is 0 Å². The third-order valence-corrected chi connectivity index (χ3v) is 3.26. The van der Waals surface area contributed by atoms with Crippen molar-refractivity contribution in [2.75, 3.05) is 13.1 Å². The first-order valence-corrected chi connectivity index (χ1v) is 6.11. The first-order chi connectivity index (χ1) is 8.43. The van der Waals surface area contributed by atoms with Crippen LogP contribution in [0.5, 0.6) is 0 Å². The van der Waals surface area contributed by atoms with Crippen molar-refractivity contribution in [3.63, 3.8) is 0 Å². The van der Waals surface area contributed by atoms with E-state index in [0.717, 1.165) is 24.5 Å². The van der Waals surface area contributed by atoms with Gasteiger partial charge in [-0.25, -0.2) is 0 Å². The van der Waals surface area contributed by atoms with Crippen LogP contribution in [0.1, 0.15) is 24.5 Å². The molecule has 2 aromatic heterocycles. The van der Waals surface area contributed by atoms with E-state index in [4.69, 9.17) is 4.98 Å². The van der Waals surface area contributed by atoms with E-state index < -0.39 is 0 Å². The summed E-state index contributed by atoms with van der Waals surface area (Å²) in [5.74, 6) is 0.548. The lowest BCUT2D eigenvalue weighted by Crippen LogP contribution is -2.28. The standard InChI is InChI=1S/C13H16N4/c1-4-11(10-3-2-7-14-9-10)16-12(5-1)13-6-8-15-17-13/h1,4-6,8,10,14H,2-3,7,9H2,(H,15,17)/t10-/m0/s1. The predicted octanol–water partition coefficient (Wildman–Crippen LogP) is 1.94. The third-order valence-electron chi connectivity index (χ3n) is 3.26. The molecule has 0 aromatic carbocycles. The Labute approximate surface area is 100 Å². The van der Waals surface area contributed by atoms with Gasteiger partial charge in [0.15, 0.2) is 0 Å². The van der Waals surface area contributed by atoms with E-state index in [0.29, 0.717) is 5.92 Å². The summed E-state index contributed by atoms with van der Waals surface area (Å²) >= 11 is 0. The fourth-order valence-corrected chi connectivity index (χ4v) is 2.33. The van der Waals surface area contributed by atoms with Crippen molar-refractivity contribution in [3.8, 4) is 11.4 Å². The molecule has 0 radical (unpaired) electrons. The van der Waals surface area contributed by atoms with Crippen LogP contribution in [0.2, 0.25) is 0 Å². The minimum atomic E-state index is 0.548. The van der Waals surface area contributed by atoms with Gasteiger partial charge in [0.1, 0.15) is 0 Å². The van der Waals surface area contributed by atoms with Gasteiger partial charge in [-0.15, -0.1) is 0 Å². The number of piperidine rings is 1. The Morgan fingerprint density at radius 3 is 3.00 bits per heavy atom. The molecule has 0 unspecified atom stereocenters. The van der Waals surface area contributed by atoms with E-state index in [1.54, 1.807) is 6.20 Å². The second-order valence-electron chi connectivity index (χ2n) is 4.46. The Hall–Kier alpha value is -1.68. The molecule has 1 aliphatic heterocycles. The summed E-state index contributed by atoms with van der Waals surface area (Å²) < 4.78 is 0. The summed E-state index contributed by atoms with van der Waals surface area (Å²) in [6.45, 7) is 2.18. The largest absolute Gasteiger partial charge is 0.316 e. The average molecular weight is 228 g/mol. The lowest BCUT2D eigenvalue weighted by Gasteiger charge is -2.22. The molecular weight excluding hydrogens is 212 g/mol. The number of rotatable bonds is 2. The highest BCUT2D eigenvalue weighted by molar-refractivity contribution is 5.53. The average Bonchev–Trinajstić information content (AvgIpc) is 2.94. The van der Waals surface area contributed by atoms with E-state index in [2.05, 4.69) is 27.6 Å². The smallest absolute Gasteiger partial charge is 0.0883 e. The number of aromatic amines is 1. The van der Waals surface area contributed by atoms with Gasteiger partial charge in [-0.2, -0.15) is 5.10 Å². The number of hydrogen-bond donors (Lipinski definition) is 2. The topological polar surface area (TPSA) is 53.6 Å². The molecule has 1 fully saturated rings. The maximum atomic E-state index is 4.73. The highest BCUT2D eigenvalue weighted by atomic mass is 15.1. The van der Waals surface area contributed by atoms with Gasteiger partial charge in [0.25, 0.3) is 0 Å². The van der Waals surface area contributed by atoms with Gasteiger partial charge < -0.3 is 5.32 Å². The molecule has 3 heterocycles. The molecule has 4 nitrogen and oxygen atoms in total. The lowest BCUT2D eigenvalue weighted by molar-refractivity contribution is 0.455. The second-order valence-corrected chi connectivity index (χ2v) is 4.46. The van der Waals surface area contributed by atoms with Crippen molar-refractivity contribution in [1.82, 2.24) is 20.5 Å². The monoisotopic (exact) mass is 228 g/mol. The zero-order valence-electron chi connectivity index (χ0n) is 9.69. The summed E-state index contributed by atoms with van der Waals surface area (Å²) in [5, 5.41) is 10.3. The summed E-state index contributed by atoms with van der Waals surface area (Å²) in [5.41, 5.74) is 3.14. The number of pyridine rings is 1. The van der Waals surface area contributed by atoms with E-state index in [1.165, 1.54) is 18.5 Å². The van der Waals surface area contributed by atoms with Gasteiger partial charge in [-0.05, 0) is 37.6 Å². The van der Waals surface area contributed by atoms with E-state index in [9.17, 15) is 0 Å². The first kappa shape index (κ1) is 10.5. The van der Waals surface area contributed by atoms with Crippen LogP contribution in [0.25, 0.3) is 11.4 Å². The summed E-state index contributed by atoms with van der Waals surface area (Å²) in [4.78, 5) is 4.73. The molecular formula is C13H16N4. The fraction of sp³-hybridized carbons (Fsp3) is 0.385. The number of H-pyrrole nitrogens is 1. The third kappa shape index (κ3) is 2.22. The molecule has 17 heavy (non-hydrogen) atoms. The highest BCUT2D eigenvalue weighted by Crippen LogP contribution is 2.23. The summed E-state index contributed by atoms with van der Waals surface area (Å²) in [6.07, 6.45) is 4.22. The maximum Gasteiger partial charge on any atom is 0.0883 e. The van der Waals surface area contributed by atoms with Gasteiger partial charge in [-0.1, -0.05) is 6.07 Å². The molecule has 1 atom stereocenters. The SMILES string of the molecule is c1cc(-c2ccn[nH]2)nc([C@H]2CCCNC2)c1. The van der Waals surface area contributed by atoms with Crippen molar-refractivity contribution in [2.45, 2.75) is 18.8 Å². The number of hydrogen-bond acceptors (Lipinski definition) is 3. The molecule has 0 spiro atoms. The van der Waals surface area contributed by atoms with E-state index in [-0.39, 0.29) is 0 Å². The molecule has 88 valence electrons. The van der Waals surface area contributed by atoms with Gasteiger partial charge in [0, 0.05) is 24.4 Å². The zero-order chi connectivity index (χ0) is 11.5. The van der Waals surface area contributed by atoms with Crippen molar-refractivity contribution in [2.24, 2.45) is 0 Å². The fourth-order valence-electron chi connectivity index (χ4n) is 2.33. The van der Waals surface area contributed by atoms with Crippen LogP contribution in [0, 0.1) is 0 Å². The van der Waals surface area contributed by atoms with Gasteiger partial charge in [-0.3, -0.25) is 10.1 Å². The van der Waals surface area contributed by atoms with E-state index >= 15 is 0 Å². The molecule has 0 bridgehead atoms. The molecule has 2 aromatic rings. The van der Waals surface area contributed by atoms with Crippen molar-refractivity contribution in [3.05, 3.63) is 36.2 Å². The molecule has 0 saturated carbocycles. The lowest BCUT2D eigenvalue weighted by atomic mass is 9.95. The molecule has 4 heteroatoms. The Balaban J connectivity index is 1.88. The van der Waals surface area contributed by atoms with E-state index in [1.807, 2.05) is 12.1 Å². The van der Waals surface area contributed by atoms with Crippen molar-refractivity contribution in [1.29, 1.82) is 0 Å². The predicted molar refractivity (Wildman–Crippen MR) is 66.7 cm³/mol. The van der Waals surface area contributed by atoms with Gasteiger partial charge >= 0.3 is 0 Å². The van der Waals surface area contributed by atoms with Crippen LogP contribution in [0.4, 0.5) is 0 Å². The minimum Gasteiger partial charge on any atom is -0.316 e. The number of nitrogens with zero attached hydrogens (tertiary/aromatic N) is 2. The Morgan fingerprint density at radius 1 is 1.24 bits per heavy atom. The summed E-state index contributed by atoms with van der Waals surface area (Å²) in [6, 6.07) is 8.17. The molecule has 1 aliphatic rings. The van der Waals surface area contributed by atoms with Crippen LogP contribution in [0.3, 0.4) is 0 Å². The molecule has 0 amide bonds. The molecule has 3 rings (SSSR count). The number of aromatic nitrogens is 3. The van der Waals surface area contributed by atoms with Gasteiger partial charge in [0.2, 0.25) is 0 Å². The molecule has 0 aliphatic carbocycles. The van der Waals surface area contributed by atoms with Crippen molar-refractivity contribution >= 4 is 0 Å².